The Balaban J connectivity index is 1.66. The molecule has 3 rings (SSSR count). The molecule has 1 saturated heterocycles. The van der Waals surface area contributed by atoms with E-state index < -0.39 is 16.1 Å². The van der Waals surface area contributed by atoms with Gasteiger partial charge in [-0.1, -0.05) is 6.42 Å². The van der Waals surface area contributed by atoms with Crippen LogP contribution < -0.4 is 0 Å². The SMILES string of the molecule is C[C@@H](C(=O)N1CCC[C@H](N(C2CCC2)S(C)(=O)=O)CC1)n1cncn1. The molecule has 1 aliphatic heterocycles. The first-order chi connectivity index (χ1) is 11.9. The summed E-state index contributed by atoms with van der Waals surface area (Å²) in [7, 11) is -3.22. The highest BCUT2D eigenvalue weighted by Gasteiger charge is 2.38. The monoisotopic (exact) mass is 369 g/mol. The summed E-state index contributed by atoms with van der Waals surface area (Å²) in [4.78, 5) is 18.5. The van der Waals surface area contributed by atoms with Crippen LogP contribution in [-0.2, 0) is 14.8 Å². The molecule has 25 heavy (non-hydrogen) atoms. The van der Waals surface area contributed by atoms with E-state index in [1.165, 1.54) is 12.6 Å². The van der Waals surface area contributed by atoms with E-state index >= 15 is 0 Å². The predicted octanol–water partition coefficient (Wildman–Crippen LogP) is 1.03. The highest BCUT2D eigenvalue weighted by Crippen LogP contribution is 2.32. The molecule has 2 heterocycles. The lowest BCUT2D eigenvalue weighted by atomic mass is 9.91. The quantitative estimate of drug-likeness (QED) is 0.774. The van der Waals surface area contributed by atoms with Crippen LogP contribution in [0.15, 0.2) is 12.7 Å². The summed E-state index contributed by atoms with van der Waals surface area (Å²) in [6, 6.07) is -0.243. The molecule has 1 saturated carbocycles. The number of aromatic nitrogens is 3. The van der Waals surface area contributed by atoms with Crippen molar-refractivity contribution in [2.45, 2.75) is 63.6 Å². The van der Waals surface area contributed by atoms with Crippen molar-refractivity contribution >= 4 is 15.9 Å². The van der Waals surface area contributed by atoms with Crippen molar-refractivity contribution in [1.82, 2.24) is 24.0 Å². The zero-order valence-corrected chi connectivity index (χ0v) is 15.7. The van der Waals surface area contributed by atoms with E-state index in [4.69, 9.17) is 0 Å². The van der Waals surface area contributed by atoms with Crippen LogP contribution in [0.1, 0.15) is 51.5 Å². The van der Waals surface area contributed by atoms with Crippen LogP contribution in [0.2, 0.25) is 0 Å². The van der Waals surface area contributed by atoms with E-state index in [-0.39, 0.29) is 18.0 Å². The van der Waals surface area contributed by atoms with Crippen LogP contribution in [0.4, 0.5) is 0 Å². The molecule has 0 bridgehead atoms. The average Bonchev–Trinajstić information content (AvgIpc) is 2.94. The van der Waals surface area contributed by atoms with Gasteiger partial charge in [-0.05, 0) is 39.0 Å². The van der Waals surface area contributed by atoms with Gasteiger partial charge >= 0.3 is 0 Å². The first-order valence-electron chi connectivity index (χ1n) is 8.99. The minimum absolute atomic E-state index is 0.000207. The number of amides is 1. The molecule has 140 valence electrons. The molecule has 9 heteroatoms. The molecule has 0 radical (unpaired) electrons. The first-order valence-corrected chi connectivity index (χ1v) is 10.8. The van der Waals surface area contributed by atoms with E-state index in [1.54, 1.807) is 15.3 Å². The molecule has 1 aliphatic carbocycles. The van der Waals surface area contributed by atoms with Crippen molar-refractivity contribution < 1.29 is 13.2 Å². The maximum atomic E-state index is 12.7. The van der Waals surface area contributed by atoms with Gasteiger partial charge in [0.15, 0.2) is 0 Å². The highest BCUT2D eigenvalue weighted by molar-refractivity contribution is 7.88. The normalized spacial score (nSPS) is 24.0. The molecule has 2 fully saturated rings. The number of likely N-dealkylation sites (tertiary alicyclic amines) is 1. The molecule has 1 aromatic heterocycles. The zero-order valence-electron chi connectivity index (χ0n) is 14.9. The molecule has 0 unspecified atom stereocenters. The second-order valence-corrected chi connectivity index (χ2v) is 9.03. The van der Waals surface area contributed by atoms with Gasteiger partial charge in [0.1, 0.15) is 18.7 Å². The molecule has 1 amide bonds. The van der Waals surface area contributed by atoms with Crippen molar-refractivity contribution in [2.24, 2.45) is 0 Å². The molecule has 2 atom stereocenters. The van der Waals surface area contributed by atoms with Crippen LogP contribution in [0.5, 0.6) is 0 Å². The number of rotatable bonds is 5. The molecular formula is C16H27N5O3S. The van der Waals surface area contributed by atoms with Crippen molar-refractivity contribution in [3.05, 3.63) is 12.7 Å². The Morgan fingerprint density at radius 2 is 1.84 bits per heavy atom. The number of carbonyl (C=O) groups excluding carboxylic acids is 1. The Bertz CT molecular complexity index is 687. The lowest BCUT2D eigenvalue weighted by Crippen LogP contribution is -2.50. The second-order valence-electron chi connectivity index (χ2n) is 7.14. The smallest absolute Gasteiger partial charge is 0.247 e. The van der Waals surface area contributed by atoms with Crippen molar-refractivity contribution in [3.8, 4) is 0 Å². The van der Waals surface area contributed by atoms with E-state index in [2.05, 4.69) is 10.1 Å². The van der Waals surface area contributed by atoms with Gasteiger partial charge in [-0.15, -0.1) is 0 Å². The highest BCUT2D eigenvalue weighted by atomic mass is 32.2. The summed E-state index contributed by atoms with van der Waals surface area (Å²) in [5, 5.41) is 4.04. The van der Waals surface area contributed by atoms with Gasteiger partial charge < -0.3 is 4.90 Å². The fraction of sp³-hybridized carbons (Fsp3) is 0.812. The number of hydrogen-bond acceptors (Lipinski definition) is 5. The summed E-state index contributed by atoms with van der Waals surface area (Å²) in [5.74, 6) is 0.0145. The van der Waals surface area contributed by atoms with Gasteiger partial charge in [-0.25, -0.2) is 18.1 Å². The van der Waals surface area contributed by atoms with Crippen LogP contribution in [0.3, 0.4) is 0 Å². The third kappa shape index (κ3) is 4.03. The number of nitrogens with zero attached hydrogens (tertiary/aromatic N) is 5. The third-order valence-corrected chi connectivity index (χ3v) is 6.74. The molecule has 0 aromatic carbocycles. The maximum absolute atomic E-state index is 12.7. The summed E-state index contributed by atoms with van der Waals surface area (Å²) < 4.78 is 27.9. The Morgan fingerprint density at radius 1 is 1.16 bits per heavy atom. The minimum Gasteiger partial charge on any atom is -0.341 e. The predicted molar refractivity (Wildman–Crippen MR) is 93.3 cm³/mol. The van der Waals surface area contributed by atoms with E-state index in [9.17, 15) is 13.2 Å². The second kappa shape index (κ2) is 7.41. The molecule has 1 aromatic rings. The minimum atomic E-state index is -3.22. The largest absolute Gasteiger partial charge is 0.341 e. The van der Waals surface area contributed by atoms with Gasteiger partial charge in [0, 0.05) is 25.2 Å². The van der Waals surface area contributed by atoms with Crippen molar-refractivity contribution in [3.63, 3.8) is 0 Å². The molecule has 0 spiro atoms. The average molecular weight is 369 g/mol. The van der Waals surface area contributed by atoms with Crippen LogP contribution in [-0.4, -0.2) is 69.7 Å². The first kappa shape index (κ1) is 18.3. The number of carbonyl (C=O) groups is 1. The number of hydrogen-bond donors (Lipinski definition) is 0. The van der Waals surface area contributed by atoms with Crippen molar-refractivity contribution in [1.29, 1.82) is 0 Å². The molecular weight excluding hydrogens is 342 g/mol. The Labute approximate surface area is 149 Å². The van der Waals surface area contributed by atoms with Crippen LogP contribution in [0.25, 0.3) is 0 Å². The van der Waals surface area contributed by atoms with Crippen molar-refractivity contribution in [2.75, 3.05) is 19.3 Å². The Kier molecular flexibility index (Phi) is 5.43. The summed E-state index contributed by atoms with van der Waals surface area (Å²) in [6.07, 6.45) is 9.61. The van der Waals surface area contributed by atoms with Crippen LogP contribution >= 0.6 is 0 Å². The van der Waals surface area contributed by atoms with Gasteiger partial charge in [0.05, 0.1) is 6.26 Å². The van der Waals surface area contributed by atoms with E-state index in [0.29, 0.717) is 19.5 Å². The summed E-state index contributed by atoms with van der Waals surface area (Å²) in [5.41, 5.74) is 0. The zero-order chi connectivity index (χ0) is 18.0. The fourth-order valence-corrected chi connectivity index (χ4v) is 5.33. The molecule has 2 aliphatic rings. The van der Waals surface area contributed by atoms with Gasteiger partial charge in [-0.3, -0.25) is 4.79 Å². The van der Waals surface area contributed by atoms with Gasteiger partial charge in [0.2, 0.25) is 15.9 Å². The summed E-state index contributed by atoms with van der Waals surface area (Å²) in [6.45, 7) is 3.06. The topological polar surface area (TPSA) is 88.4 Å². The van der Waals surface area contributed by atoms with E-state index in [0.717, 1.165) is 32.1 Å². The van der Waals surface area contributed by atoms with Gasteiger partial charge in [0.25, 0.3) is 0 Å². The van der Waals surface area contributed by atoms with E-state index in [1.807, 2.05) is 11.8 Å². The Morgan fingerprint density at radius 3 is 2.40 bits per heavy atom. The number of sulfonamides is 1. The molecule has 0 N–H and O–H groups in total. The lowest BCUT2D eigenvalue weighted by molar-refractivity contribution is -0.134. The lowest BCUT2D eigenvalue weighted by Gasteiger charge is -2.40. The Hall–Kier alpha value is -1.48. The fourth-order valence-electron chi connectivity index (χ4n) is 3.83. The molecule has 8 nitrogen and oxygen atoms in total. The standard InChI is InChI=1S/C16H27N5O3S/c1-13(20-12-17-11-18-20)16(22)19-9-4-7-15(8-10-19)21(25(2,23)24)14-5-3-6-14/h11-15H,3-10H2,1-2H3/t13-,15-/m0/s1. The third-order valence-electron chi connectivity index (χ3n) is 5.38. The van der Waals surface area contributed by atoms with Crippen LogP contribution in [0, 0.1) is 0 Å². The maximum Gasteiger partial charge on any atom is 0.247 e. The van der Waals surface area contributed by atoms with Gasteiger partial charge in [-0.2, -0.15) is 9.40 Å². The summed E-state index contributed by atoms with van der Waals surface area (Å²) >= 11 is 0.